The largest absolute Gasteiger partial charge is 0.382 e. The number of fused-ring (bicyclic) bond motifs is 1. The highest BCUT2D eigenvalue weighted by molar-refractivity contribution is 5.94. The second kappa shape index (κ2) is 4.45. The molecule has 0 aliphatic heterocycles. The minimum Gasteiger partial charge on any atom is -0.382 e. The van der Waals surface area contributed by atoms with Crippen LogP contribution in [0.25, 0.3) is 22.2 Å². The summed E-state index contributed by atoms with van der Waals surface area (Å²) in [5.74, 6) is -0.0638. The molecule has 0 bridgehead atoms. The van der Waals surface area contributed by atoms with E-state index >= 15 is 0 Å². The normalized spacial score (nSPS) is 10.5. The highest BCUT2D eigenvalue weighted by atomic mass is 14.9. The summed E-state index contributed by atoms with van der Waals surface area (Å²) >= 11 is 0. The summed E-state index contributed by atoms with van der Waals surface area (Å²) in [4.78, 5) is 12.4. The van der Waals surface area contributed by atoms with E-state index in [0.29, 0.717) is 5.69 Å². The van der Waals surface area contributed by atoms with Crippen LogP contribution < -0.4 is 5.73 Å². The average molecular weight is 249 g/mol. The molecule has 0 saturated heterocycles. The topological polar surface area (TPSA) is 88.5 Å². The van der Waals surface area contributed by atoms with E-state index in [4.69, 9.17) is 11.1 Å². The number of benzene rings is 1. The van der Waals surface area contributed by atoms with Gasteiger partial charge in [-0.3, -0.25) is 10.4 Å². The predicted octanol–water partition coefficient (Wildman–Crippen LogP) is 1.98. The molecule has 92 valence electrons. The maximum atomic E-state index is 7.40. The van der Waals surface area contributed by atoms with E-state index in [1.807, 2.05) is 30.3 Å². The first-order chi connectivity index (χ1) is 9.24. The molecule has 5 heteroatoms. The molecular weight excluding hydrogens is 238 g/mol. The number of hydrogen-bond donors (Lipinski definition) is 2. The van der Waals surface area contributed by atoms with Gasteiger partial charge in [-0.2, -0.15) is 0 Å². The lowest BCUT2D eigenvalue weighted by Crippen LogP contribution is -2.13. The minimum atomic E-state index is -0.0638. The highest BCUT2D eigenvalue weighted by Crippen LogP contribution is 2.21. The smallest absolute Gasteiger partial charge is 0.141 e. The lowest BCUT2D eigenvalue weighted by molar-refractivity contribution is 1.14. The quantitative estimate of drug-likeness (QED) is 0.537. The van der Waals surface area contributed by atoms with E-state index in [1.54, 1.807) is 12.3 Å². The zero-order chi connectivity index (χ0) is 13.2. The number of nitrogens with one attached hydrogen (secondary N) is 1. The number of nitrogen functional groups attached to an aromatic ring is 1. The number of aromatic nitrogens is 3. The number of amidine groups is 1. The molecule has 0 atom stereocenters. The Balaban J connectivity index is 2.13. The van der Waals surface area contributed by atoms with E-state index in [2.05, 4.69) is 15.0 Å². The van der Waals surface area contributed by atoms with Gasteiger partial charge in [0, 0.05) is 17.1 Å². The summed E-state index contributed by atoms with van der Waals surface area (Å²) in [5, 5.41) is 8.45. The van der Waals surface area contributed by atoms with Crippen molar-refractivity contribution in [1.29, 1.82) is 5.41 Å². The maximum Gasteiger partial charge on any atom is 0.141 e. The molecule has 0 spiro atoms. The van der Waals surface area contributed by atoms with Crippen LogP contribution in [-0.2, 0) is 0 Å². The van der Waals surface area contributed by atoms with Crippen molar-refractivity contribution >= 4 is 16.7 Å². The fourth-order valence-corrected chi connectivity index (χ4v) is 1.90. The Labute approximate surface area is 109 Å². The van der Waals surface area contributed by atoms with Crippen LogP contribution in [0.2, 0.25) is 0 Å². The summed E-state index contributed by atoms with van der Waals surface area (Å²) in [5.41, 5.74) is 8.49. The van der Waals surface area contributed by atoms with Gasteiger partial charge in [0.25, 0.3) is 0 Å². The number of nitrogens with zero attached hydrogens (tertiary/aromatic N) is 3. The molecule has 2 aromatic heterocycles. The van der Waals surface area contributed by atoms with Gasteiger partial charge in [0.2, 0.25) is 0 Å². The molecule has 5 nitrogen and oxygen atoms in total. The Kier molecular flexibility index (Phi) is 2.64. The molecule has 1 aromatic carbocycles. The van der Waals surface area contributed by atoms with E-state index in [1.165, 1.54) is 6.33 Å². The monoisotopic (exact) mass is 249 g/mol. The van der Waals surface area contributed by atoms with Gasteiger partial charge >= 0.3 is 0 Å². The van der Waals surface area contributed by atoms with Gasteiger partial charge < -0.3 is 5.73 Å². The maximum absolute atomic E-state index is 7.40. The lowest BCUT2D eigenvalue weighted by Gasteiger charge is -2.04. The zero-order valence-corrected chi connectivity index (χ0v) is 10.0. The molecule has 0 aliphatic rings. The number of hydrogen-bond acceptors (Lipinski definition) is 4. The van der Waals surface area contributed by atoms with Crippen molar-refractivity contribution in [1.82, 2.24) is 15.0 Å². The van der Waals surface area contributed by atoms with Crippen LogP contribution in [0.1, 0.15) is 5.69 Å². The third-order valence-corrected chi connectivity index (χ3v) is 2.84. The fraction of sp³-hybridized carbons (Fsp3) is 0. The molecular formula is C14H11N5. The summed E-state index contributed by atoms with van der Waals surface area (Å²) in [7, 11) is 0. The van der Waals surface area contributed by atoms with Crippen LogP contribution in [-0.4, -0.2) is 20.8 Å². The van der Waals surface area contributed by atoms with Crippen molar-refractivity contribution in [3.8, 4) is 11.3 Å². The van der Waals surface area contributed by atoms with Crippen LogP contribution in [0.15, 0.2) is 48.9 Å². The van der Waals surface area contributed by atoms with Gasteiger partial charge in [0.05, 0.1) is 11.2 Å². The van der Waals surface area contributed by atoms with Crippen LogP contribution in [0.4, 0.5) is 0 Å². The summed E-state index contributed by atoms with van der Waals surface area (Å²) in [6, 6.07) is 11.5. The van der Waals surface area contributed by atoms with Crippen LogP contribution >= 0.6 is 0 Å². The standard InChI is InChI=1S/C14H11N5/c15-14(16)13-7-12(18-8-19-13)10-3-4-11-9(6-10)2-1-5-17-11/h1-8H,(H3,15,16). The SMILES string of the molecule is N=C(N)c1cc(-c2ccc3ncccc3c2)ncn1. The molecule has 0 amide bonds. The van der Waals surface area contributed by atoms with Gasteiger partial charge in [0.1, 0.15) is 17.9 Å². The third kappa shape index (κ3) is 2.13. The second-order valence-corrected chi connectivity index (χ2v) is 4.11. The van der Waals surface area contributed by atoms with Crippen LogP contribution in [0.5, 0.6) is 0 Å². The zero-order valence-electron chi connectivity index (χ0n) is 10.0. The molecule has 0 radical (unpaired) electrons. The molecule has 3 rings (SSSR count). The minimum absolute atomic E-state index is 0.0638. The second-order valence-electron chi connectivity index (χ2n) is 4.11. The molecule has 0 aliphatic carbocycles. The van der Waals surface area contributed by atoms with Crippen LogP contribution in [0, 0.1) is 5.41 Å². The molecule has 3 aromatic rings. The van der Waals surface area contributed by atoms with Gasteiger partial charge in [-0.25, -0.2) is 9.97 Å². The first-order valence-corrected chi connectivity index (χ1v) is 5.75. The first kappa shape index (κ1) is 11.3. The van der Waals surface area contributed by atoms with Crippen molar-refractivity contribution in [2.24, 2.45) is 5.73 Å². The molecule has 0 fully saturated rings. The Hall–Kier alpha value is -2.82. The fourth-order valence-electron chi connectivity index (χ4n) is 1.90. The Morgan fingerprint density at radius 1 is 1.05 bits per heavy atom. The van der Waals surface area contributed by atoms with E-state index in [0.717, 1.165) is 22.2 Å². The summed E-state index contributed by atoms with van der Waals surface area (Å²) in [6.07, 6.45) is 3.18. The number of nitrogens with two attached hydrogens (primary N) is 1. The van der Waals surface area contributed by atoms with Gasteiger partial charge in [-0.05, 0) is 24.3 Å². The first-order valence-electron chi connectivity index (χ1n) is 5.75. The molecule has 3 N–H and O–H groups in total. The number of pyridine rings is 1. The molecule has 19 heavy (non-hydrogen) atoms. The van der Waals surface area contributed by atoms with Crippen LogP contribution in [0.3, 0.4) is 0 Å². The van der Waals surface area contributed by atoms with E-state index < -0.39 is 0 Å². The van der Waals surface area contributed by atoms with Crippen molar-refractivity contribution in [3.63, 3.8) is 0 Å². The average Bonchev–Trinajstić information content (AvgIpc) is 2.47. The van der Waals surface area contributed by atoms with Gasteiger partial charge in [-0.15, -0.1) is 0 Å². The van der Waals surface area contributed by atoms with Gasteiger partial charge in [-0.1, -0.05) is 12.1 Å². The van der Waals surface area contributed by atoms with E-state index in [9.17, 15) is 0 Å². The van der Waals surface area contributed by atoms with Crippen molar-refractivity contribution in [2.45, 2.75) is 0 Å². The Morgan fingerprint density at radius 3 is 2.79 bits per heavy atom. The molecule has 0 unspecified atom stereocenters. The molecule has 2 heterocycles. The summed E-state index contributed by atoms with van der Waals surface area (Å²) in [6.45, 7) is 0. The Bertz CT molecular complexity index is 766. The third-order valence-electron chi connectivity index (χ3n) is 2.84. The van der Waals surface area contributed by atoms with Crippen molar-refractivity contribution in [2.75, 3.05) is 0 Å². The molecule has 0 saturated carbocycles. The predicted molar refractivity (Wildman–Crippen MR) is 73.8 cm³/mol. The Morgan fingerprint density at radius 2 is 1.95 bits per heavy atom. The number of rotatable bonds is 2. The van der Waals surface area contributed by atoms with Crippen molar-refractivity contribution in [3.05, 3.63) is 54.6 Å². The summed E-state index contributed by atoms with van der Waals surface area (Å²) < 4.78 is 0. The van der Waals surface area contributed by atoms with E-state index in [-0.39, 0.29) is 5.84 Å². The lowest BCUT2D eigenvalue weighted by atomic mass is 10.1. The van der Waals surface area contributed by atoms with Gasteiger partial charge in [0.15, 0.2) is 0 Å². The highest BCUT2D eigenvalue weighted by Gasteiger charge is 2.05. The van der Waals surface area contributed by atoms with Crippen molar-refractivity contribution < 1.29 is 0 Å².